The Hall–Kier alpha value is -1.52. The summed E-state index contributed by atoms with van der Waals surface area (Å²) < 4.78 is 0. The van der Waals surface area contributed by atoms with Crippen LogP contribution in [0.1, 0.15) is 11.1 Å². The highest BCUT2D eigenvalue weighted by atomic mass is 35.5. The van der Waals surface area contributed by atoms with Crippen molar-refractivity contribution in [1.29, 1.82) is 5.41 Å². The van der Waals surface area contributed by atoms with Crippen LogP contribution in [-0.4, -0.2) is 10.8 Å². The molecule has 5 heteroatoms. The lowest BCUT2D eigenvalue weighted by atomic mass is 10.2. The summed E-state index contributed by atoms with van der Waals surface area (Å²) in [6, 6.07) is 11.3. The van der Waals surface area contributed by atoms with Crippen molar-refractivity contribution in [2.45, 2.75) is 10.8 Å². The predicted molar refractivity (Wildman–Crippen MR) is 76.3 cm³/mol. The molecule has 0 unspecified atom stereocenters. The van der Waals surface area contributed by atoms with E-state index in [4.69, 9.17) is 22.7 Å². The number of aromatic nitrogens is 1. The first-order chi connectivity index (χ1) is 8.68. The Morgan fingerprint density at radius 2 is 2.06 bits per heavy atom. The van der Waals surface area contributed by atoms with Crippen molar-refractivity contribution in [3.8, 4) is 0 Å². The monoisotopic (exact) mass is 277 g/mol. The van der Waals surface area contributed by atoms with E-state index in [9.17, 15) is 0 Å². The van der Waals surface area contributed by atoms with Crippen LogP contribution in [0.15, 0.2) is 47.6 Å². The molecule has 2 rings (SSSR count). The topological polar surface area (TPSA) is 62.8 Å². The molecule has 0 aliphatic heterocycles. The maximum atomic E-state index is 7.50. The van der Waals surface area contributed by atoms with Gasteiger partial charge in [-0.25, -0.2) is 4.98 Å². The van der Waals surface area contributed by atoms with Crippen LogP contribution in [0.25, 0.3) is 0 Å². The van der Waals surface area contributed by atoms with Gasteiger partial charge in [-0.2, -0.15) is 0 Å². The van der Waals surface area contributed by atoms with Crippen LogP contribution >= 0.6 is 23.4 Å². The van der Waals surface area contributed by atoms with Crippen molar-refractivity contribution in [3.63, 3.8) is 0 Å². The first kappa shape index (κ1) is 12.9. The van der Waals surface area contributed by atoms with Crippen LogP contribution in [0.3, 0.4) is 0 Å². The number of nitrogen functional groups attached to an aromatic ring is 1. The number of nitrogens with one attached hydrogen (secondary N) is 1. The lowest BCUT2D eigenvalue weighted by molar-refractivity contribution is 1.11. The first-order valence-electron chi connectivity index (χ1n) is 5.34. The summed E-state index contributed by atoms with van der Waals surface area (Å²) >= 11 is 7.62. The van der Waals surface area contributed by atoms with E-state index in [0.717, 1.165) is 15.6 Å². The number of hydrogen-bond acceptors (Lipinski definition) is 3. The van der Waals surface area contributed by atoms with E-state index in [-0.39, 0.29) is 5.84 Å². The maximum absolute atomic E-state index is 7.50. The molecule has 1 aromatic heterocycles. The van der Waals surface area contributed by atoms with Crippen LogP contribution in [0.4, 0.5) is 0 Å². The molecule has 92 valence electrons. The Kier molecular flexibility index (Phi) is 4.23. The fourth-order valence-corrected chi connectivity index (χ4v) is 2.77. The molecule has 0 aliphatic carbocycles. The van der Waals surface area contributed by atoms with E-state index in [2.05, 4.69) is 4.98 Å². The molecule has 0 fully saturated rings. The van der Waals surface area contributed by atoms with Gasteiger partial charge in [-0.1, -0.05) is 29.8 Å². The van der Waals surface area contributed by atoms with E-state index in [0.29, 0.717) is 11.3 Å². The Balaban J connectivity index is 2.16. The molecule has 1 aromatic carbocycles. The third kappa shape index (κ3) is 3.03. The molecule has 0 aliphatic rings. The van der Waals surface area contributed by atoms with E-state index in [1.54, 1.807) is 18.3 Å². The summed E-state index contributed by atoms with van der Waals surface area (Å²) in [5.41, 5.74) is 7.22. The third-order valence-electron chi connectivity index (χ3n) is 2.38. The molecular weight excluding hydrogens is 266 g/mol. The summed E-state index contributed by atoms with van der Waals surface area (Å²) in [5, 5.41) is 9.00. The van der Waals surface area contributed by atoms with Crippen molar-refractivity contribution in [3.05, 3.63) is 58.7 Å². The molecule has 18 heavy (non-hydrogen) atoms. The van der Waals surface area contributed by atoms with Gasteiger partial charge in [0.25, 0.3) is 0 Å². The smallest absolute Gasteiger partial charge is 0.125 e. The quantitative estimate of drug-likeness (QED) is 0.512. The molecule has 1 heterocycles. The summed E-state index contributed by atoms with van der Waals surface area (Å²) in [6.07, 6.45) is 1.70. The molecule has 0 amide bonds. The van der Waals surface area contributed by atoms with Gasteiger partial charge in [-0.15, -0.1) is 11.8 Å². The number of thioether (sulfide) groups is 1. The Labute approximate surface area is 115 Å². The van der Waals surface area contributed by atoms with Crippen molar-refractivity contribution < 1.29 is 0 Å². The number of nitrogens with two attached hydrogens (primary N) is 1. The summed E-state index contributed by atoms with van der Waals surface area (Å²) in [5.74, 6) is 0.738. The van der Waals surface area contributed by atoms with Crippen molar-refractivity contribution >= 4 is 29.2 Å². The van der Waals surface area contributed by atoms with Crippen LogP contribution in [-0.2, 0) is 5.75 Å². The zero-order valence-corrected chi connectivity index (χ0v) is 11.1. The van der Waals surface area contributed by atoms with Gasteiger partial charge < -0.3 is 5.73 Å². The highest BCUT2D eigenvalue weighted by molar-refractivity contribution is 7.98. The van der Waals surface area contributed by atoms with Gasteiger partial charge in [0.05, 0.1) is 0 Å². The molecule has 3 nitrogen and oxygen atoms in total. The largest absolute Gasteiger partial charge is 0.384 e. The highest BCUT2D eigenvalue weighted by Gasteiger charge is 2.08. The Morgan fingerprint density at radius 3 is 2.78 bits per heavy atom. The average molecular weight is 278 g/mol. The summed E-state index contributed by atoms with van der Waals surface area (Å²) in [6.45, 7) is 0. The lowest BCUT2D eigenvalue weighted by Gasteiger charge is -2.07. The molecule has 0 spiro atoms. The second kappa shape index (κ2) is 5.89. The van der Waals surface area contributed by atoms with Gasteiger partial charge in [0.15, 0.2) is 0 Å². The van der Waals surface area contributed by atoms with Gasteiger partial charge in [0.1, 0.15) is 10.9 Å². The second-order valence-corrected chi connectivity index (χ2v) is 5.02. The predicted octanol–water partition coefficient (Wildman–Crippen LogP) is 3.31. The third-order valence-corrected chi connectivity index (χ3v) is 3.81. The zero-order chi connectivity index (χ0) is 13.0. The Morgan fingerprint density at radius 1 is 1.28 bits per heavy atom. The lowest BCUT2D eigenvalue weighted by Crippen LogP contribution is -2.12. The SMILES string of the molecule is N=C(N)c1cccnc1SCc1ccccc1Cl. The van der Waals surface area contributed by atoms with E-state index < -0.39 is 0 Å². The fraction of sp³-hybridized carbons (Fsp3) is 0.0769. The van der Waals surface area contributed by atoms with E-state index in [1.807, 2.05) is 24.3 Å². The van der Waals surface area contributed by atoms with Crippen molar-refractivity contribution in [2.24, 2.45) is 5.73 Å². The second-order valence-electron chi connectivity index (χ2n) is 3.65. The van der Waals surface area contributed by atoms with Crippen molar-refractivity contribution in [2.75, 3.05) is 0 Å². The minimum absolute atomic E-state index is 0.0322. The van der Waals surface area contributed by atoms with E-state index >= 15 is 0 Å². The number of hydrogen-bond donors (Lipinski definition) is 2. The standard InChI is InChI=1S/C13H12ClN3S/c14-11-6-2-1-4-9(11)8-18-13-10(12(15)16)5-3-7-17-13/h1-7H,8H2,(H3,15,16). The molecule has 0 saturated carbocycles. The molecular formula is C13H12ClN3S. The van der Waals surface area contributed by atoms with Gasteiger partial charge in [-0.3, -0.25) is 5.41 Å². The Bertz CT molecular complexity index is 572. The van der Waals surface area contributed by atoms with E-state index in [1.165, 1.54) is 11.8 Å². The highest BCUT2D eigenvalue weighted by Crippen LogP contribution is 2.27. The normalized spacial score (nSPS) is 10.3. The molecule has 0 radical (unpaired) electrons. The van der Waals surface area contributed by atoms with Gasteiger partial charge in [0.2, 0.25) is 0 Å². The van der Waals surface area contributed by atoms with Crippen LogP contribution in [0.2, 0.25) is 5.02 Å². The molecule has 2 aromatic rings. The number of rotatable bonds is 4. The van der Waals surface area contributed by atoms with Crippen LogP contribution in [0, 0.1) is 5.41 Å². The average Bonchev–Trinajstić information content (AvgIpc) is 2.38. The van der Waals surface area contributed by atoms with Gasteiger partial charge >= 0.3 is 0 Å². The van der Waals surface area contributed by atoms with Crippen molar-refractivity contribution in [1.82, 2.24) is 4.98 Å². The number of benzene rings is 1. The minimum atomic E-state index is 0.0322. The number of nitrogens with zero attached hydrogens (tertiary/aromatic N) is 1. The molecule has 0 atom stereocenters. The van der Waals surface area contributed by atoms with Crippen LogP contribution < -0.4 is 5.73 Å². The number of amidine groups is 1. The molecule has 0 saturated heterocycles. The fourth-order valence-electron chi connectivity index (χ4n) is 1.47. The number of halogens is 1. The maximum Gasteiger partial charge on any atom is 0.125 e. The summed E-state index contributed by atoms with van der Waals surface area (Å²) in [4.78, 5) is 4.24. The molecule has 0 bridgehead atoms. The number of pyridine rings is 1. The van der Waals surface area contributed by atoms with Crippen LogP contribution in [0.5, 0.6) is 0 Å². The van der Waals surface area contributed by atoms with Gasteiger partial charge in [-0.05, 0) is 23.8 Å². The van der Waals surface area contributed by atoms with Gasteiger partial charge in [0, 0.05) is 22.5 Å². The zero-order valence-electron chi connectivity index (χ0n) is 9.56. The minimum Gasteiger partial charge on any atom is -0.384 e. The first-order valence-corrected chi connectivity index (χ1v) is 6.70. The summed E-state index contributed by atoms with van der Waals surface area (Å²) in [7, 11) is 0. The molecule has 3 N–H and O–H groups in total.